The zero-order valence-electron chi connectivity index (χ0n) is 15.8. The maximum absolute atomic E-state index is 12.4. The average molecular weight is 380 g/mol. The lowest BCUT2D eigenvalue weighted by atomic mass is 9.98. The van der Waals surface area contributed by atoms with E-state index in [2.05, 4.69) is 9.73 Å². The van der Waals surface area contributed by atoms with Gasteiger partial charge in [-0.15, -0.1) is 13.2 Å². The minimum Gasteiger partial charge on any atom is -0.497 e. The largest absolute Gasteiger partial charge is 0.573 e. The molecule has 0 aliphatic carbocycles. The third-order valence-corrected chi connectivity index (χ3v) is 4.12. The fourth-order valence-electron chi connectivity index (χ4n) is 2.48. The summed E-state index contributed by atoms with van der Waals surface area (Å²) in [5.41, 5.74) is 3.32. The molecule has 27 heavy (non-hydrogen) atoms. The summed E-state index contributed by atoms with van der Waals surface area (Å²) in [7, 11) is 3.49. The average Bonchev–Trinajstić information content (AvgIpc) is 2.60. The van der Waals surface area contributed by atoms with Gasteiger partial charge in [-0.3, -0.25) is 0 Å². The Balaban J connectivity index is 2.33. The molecule has 0 aliphatic heterocycles. The van der Waals surface area contributed by atoms with E-state index in [1.54, 1.807) is 25.6 Å². The fourth-order valence-corrected chi connectivity index (χ4v) is 2.48. The smallest absolute Gasteiger partial charge is 0.497 e. The number of rotatable bonds is 7. The molecule has 2 aromatic carbocycles. The molecule has 146 valence electrons. The second-order valence-electron chi connectivity index (χ2n) is 6.12. The predicted octanol–water partition coefficient (Wildman–Crippen LogP) is 5.10. The summed E-state index contributed by atoms with van der Waals surface area (Å²) >= 11 is 0. The van der Waals surface area contributed by atoms with Gasteiger partial charge in [0.25, 0.3) is 0 Å². The summed E-state index contributed by atoms with van der Waals surface area (Å²) in [6.45, 7) is 4.78. The van der Waals surface area contributed by atoms with Crippen LogP contribution in [0.3, 0.4) is 0 Å². The normalized spacial score (nSPS) is 11.7. The first-order valence-electron chi connectivity index (χ1n) is 8.48. The second-order valence-corrected chi connectivity index (χ2v) is 6.12. The molecule has 0 N–H and O–H groups in total. The number of alkyl halides is 3. The zero-order valence-corrected chi connectivity index (χ0v) is 15.8. The van der Waals surface area contributed by atoms with E-state index in [0.717, 1.165) is 23.4 Å². The number of aliphatic imine (C=N–C) groups is 1. The third-order valence-electron chi connectivity index (χ3n) is 4.12. The van der Waals surface area contributed by atoms with Gasteiger partial charge in [-0.25, -0.2) is 4.99 Å². The molecule has 0 heterocycles. The van der Waals surface area contributed by atoms with Crippen molar-refractivity contribution in [3.8, 4) is 11.5 Å². The minimum atomic E-state index is -4.71. The highest BCUT2D eigenvalue weighted by Gasteiger charge is 2.31. The molecule has 0 aliphatic rings. The molecule has 0 bridgehead atoms. The van der Waals surface area contributed by atoms with Crippen LogP contribution in [0.25, 0.3) is 0 Å². The Kier molecular flexibility index (Phi) is 6.71. The van der Waals surface area contributed by atoms with Crippen LogP contribution in [-0.2, 0) is 6.42 Å². The molecular weight excluding hydrogens is 357 g/mol. The Morgan fingerprint density at radius 3 is 2.52 bits per heavy atom. The van der Waals surface area contributed by atoms with Crippen molar-refractivity contribution in [1.29, 1.82) is 0 Å². The van der Waals surface area contributed by atoms with Crippen LogP contribution >= 0.6 is 0 Å². The predicted molar refractivity (Wildman–Crippen MR) is 100 cm³/mol. The number of methoxy groups -OCH3 is 1. The van der Waals surface area contributed by atoms with Crippen LogP contribution in [0.4, 0.5) is 18.9 Å². The van der Waals surface area contributed by atoms with Crippen molar-refractivity contribution in [3.05, 3.63) is 53.1 Å². The van der Waals surface area contributed by atoms with Crippen LogP contribution in [0.1, 0.15) is 23.6 Å². The Bertz CT molecular complexity index is 804. The van der Waals surface area contributed by atoms with Crippen molar-refractivity contribution in [3.63, 3.8) is 0 Å². The molecule has 0 spiro atoms. The van der Waals surface area contributed by atoms with E-state index >= 15 is 0 Å². The summed E-state index contributed by atoms with van der Waals surface area (Å²) in [5.74, 6) is 0.410. The summed E-state index contributed by atoms with van der Waals surface area (Å²) in [6.07, 6.45) is -2.54. The minimum absolute atomic E-state index is 0.233. The van der Waals surface area contributed by atoms with Crippen molar-refractivity contribution in [2.75, 3.05) is 20.7 Å². The van der Waals surface area contributed by atoms with E-state index in [1.165, 1.54) is 12.1 Å². The van der Waals surface area contributed by atoms with Gasteiger partial charge in [0.05, 0.1) is 19.1 Å². The van der Waals surface area contributed by atoms with Crippen molar-refractivity contribution < 1.29 is 22.6 Å². The molecule has 0 unspecified atom stereocenters. The van der Waals surface area contributed by atoms with Gasteiger partial charge in [-0.2, -0.15) is 0 Å². The molecule has 0 amide bonds. The third kappa shape index (κ3) is 6.20. The van der Waals surface area contributed by atoms with Crippen molar-refractivity contribution in [2.45, 2.75) is 26.6 Å². The molecule has 0 aromatic heterocycles. The Morgan fingerprint density at radius 2 is 1.89 bits per heavy atom. The van der Waals surface area contributed by atoms with Gasteiger partial charge in [0.1, 0.15) is 11.5 Å². The molecule has 0 saturated heterocycles. The van der Waals surface area contributed by atoms with Crippen LogP contribution in [0, 0.1) is 6.92 Å². The summed E-state index contributed by atoms with van der Waals surface area (Å²) < 4.78 is 46.7. The highest BCUT2D eigenvalue weighted by atomic mass is 19.4. The summed E-state index contributed by atoms with van der Waals surface area (Å²) in [6, 6.07) is 9.68. The lowest BCUT2D eigenvalue weighted by molar-refractivity contribution is -0.274. The van der Waals surface area contributed by atoms with E-state index in [0.29, 0.717) is 17.7 Å². The Morgan fingerprint density at radius 1 is 1.15 bits per heavy atom. The Hall–Kier alpha value is -2.70. The van der Waals surface area contributed by atoms with Crippen LogP contribution in [0.15, 0.2) is 41.4 Å². The number of halogens is 3. The maximum atomic E-state index is 12.4. The number of ether oxygens (including phenoxy) is 2. The molecule has 2 aromatic rings. The fraction of sp³-hybridized carbons (Fsp3) is 0.350. The van der Waals surface area contributed by atoms with Gasteiger partial charge in [0.15, 0.2) is 0 Å². The first kappa shape index (κ1) is 20.6. The number of hydrogen-bond donors (Lipinski definition) is 0. The highest BCUT2D eigenvalue weighted by molar-refractivity contribution is 5.65. The second kappa shape index (κ2) is 8.79. The Labute approximate surface area is 157 Å². The van der Waals surface area contributed by atoms with Gasteiger partial charge in [0.2, 0.25) is 0 Å². The quantitative estimate of drug-likeness (QED) is 0.495. The summed E-state index contributed by atoms with van der Waals surface area (Å²) in [4.78, 5) is 6.44. The van der Waals surface area contributed by atoms with Crippen molar-refractivity contribution >= 4 is 12.0 Å². The highest BCUT2D eigenvalue weighted by Crippen LogP contribution is 2.31. The van der Waals surface area contributed by atoms with Crippen molar-refractivity contribution in [2.24, 2.45) is 4.99 Å². The molecule has 0 atom stereocenters. The van der Waals surface area contributed by atoms with E-state index in [9.17, 15) is 13.2 Å². The van der Waals surface area contributed by atoms with Crippen LogP contribution < -0.4 is 9.47 Å². The standard InChI is InChI=1S/C20H23F3N2O2/c1-5-25(3)13-24-19-12-18(26-4)11-16(14(19)2)9-15-7-6-8-17(10-15)27-20(21,22)23/h6-8,10-13H,5,9H2,1-4H3. The van der Waals surface area contributed by atoms with Crippen LogP contribution in [-0.4, -0.2) is 38.3 Å². The van der Waals surface area contributed by atoms with E-state index < -0.39 is 6.36 Å². The van der Waals surface area contributed by atoms with Gasteiger partial charge in [-0.05, 0) is 55.2 Å². The molecule has 0 radical (unpaired) electrons. The van der Waals surface area contributed by atoms with Gasteiger partial charge < -0.3 is 14.4 Å². The van der Waals surface area contributed by atoms with Crippen molar-refractivity contribution in [1.82, 2.24) is 4.90 Å². The summed E-state index contributed by atoms with van der Waals surface area (Å²) in [5, 5.41) is 0. The molecule has 0 fully saturated rings. The monoisotopic (exact) mass is 380 g/mol. The molecular formula is C20H23F3N2O2. The topological polar surface area (TPSA) is 34.1 Å². The van der Waals surface area contributed by atoms with E-state index in [4.69, 9.17) is 4.74 Å². The number of nitrogens with zero attached hydrogens (tertiary/aromatic N) is 2. The first-order chi connectivity index (χ1) is 12.7. The first-order valence-corrected chi connectivity index (χ1v) is 8.48. The SMILES string of the molecule is CCN(C)C=Nc1cc(OC)cc(Cc2cccc(OC(F)(F)F)c2)c1C. The van der Waals surface area contributed by atoms with E-state index in [1.807, 2.05) is 37.9 Å². The van der Waals surface area contributed by atoms with E-state index in [-0.39, 0.29) is 5.75 Å². The van der Waals surface area contributed by atoms with Crippen LogP contribution in [0.5, 0.6) is 11.5 Å². The van der Waals surface area contributed by atoms with Crippen LogP contribution in [0.2, 0.25) is 0 Å². The molecule has 0 saturated carbocycles. The molecule has 4 nitrogen and oxygen atoms in total. The van der Waals surface area contributed by atoms with Gasteiger partial charge in [0, 0.05) is 19.7 Å². The van der Waals surface area contributed by atoms with Gasteiger partial charge in [-0.1, -0.05) is 12.1 Å². The van der Waals surface area contributed by atoms with Gasteiger partial charge >= 0.3 is 6.36 Å². The number of hydrogen-bond acceptors (Lipinski definition) is 3. The molecule has 7 heteroatoms. The lowest BCUT2D eigenvalue weighted by Gasteiger charge is -2.14. The molecule has 2 rings (SSSR count). The maximum Gasteiger partial charge on any atom is 0.573 e. The lowest BCUT2D eigenvalue weighted by Crippen LogP contribution is -2.17. The zero-order chi connectivity index (χ0) is 20.0. The number of benzene rings is 2.